The van der Waals surface area contributed by atoms with Crippen molar-refractivity contribution in [3.05, 3.63) is 64.3 Å². The van der Waals surface area contributed by atoms with Crippen LogP contribution in [0.4, 0.5) is 10.1 Å². The molecule has 47 heavy (non-hydrogen) atoms. The van der Waals surface area contributed by atoms with Crippen molar-refractivity contribution in [2.45, 2.75) is 31.7 Å². The lowest BCUT2D eigenvalue weighted by molar-refractivity contribution is -0.135. The van der Waals surface area contributed by atoms with Crippen LogP contribution in [-0.2, 0) is 42.9 Å². The fourth-order valence-corrected chi connectivity index (χ4v) is 6.94. The minimum atomic E-state index is -4.36. The summed E-state index contributed by atoms with van der Waals surface area (Å²) in [7, 11) is -2.77. The lowest BCUT2D eigenvalue weighted by atomic mass is 10.1. The molecular weight excluding hydrogens is 639 g/mol. The number of benzene rings is 3. The molecule has 4 aromatic rings. The number of halogens is 1. The largest absolute Gasteiger partial charge is 0.506 e. The molecule has 3 heterocycles. The van der Waals surface area contributed by atoms with Crippen LogP contribution < -0.4 is 30.1 Å². The molecule has 2 aliphatic heterocycles. The molecule has 3 aromatic carbocycles. The van der Waals surface area contributed by atoms with E-state index in [4.69, 9.17) is 4.74 Å². The molecule has 0 saturated carbocycles. The first-order valence-electron chi connectivity index (χ1n) is 14.6. The number of aryl methyl sites for hydroxylation is 2. The SMILES string of the molecule is Cn1c(=O)n(C2CCC(=O)NC2=O)c2ccc(CCC(=O)NCCOc3ccc4cc(O)c(N5CC(=O)NS5(=O)=O)c(F)c4c3)cc21. The summed E-state index contributed by atoms with van der Waals surface area (Å²) in [5.41, 5.74) is 0.892. The van der Waals surface area contributed by atoms with Crippen LogP contribution in [0.2, 0.25) is 0 Å². The van der Waals surface area contributed by atoms with Crippen LogP contribution in [0, 0.1) is 5.82 Å². The fraction of sp³-hybridized carbons (Fsp3) is 0.300. The number of anilines is 1. The molecule has 0 spiro atoms. The summed E-state index contributed by atoms with van der Waals surface area (Å²) in [6, 6.07) is 10.00. The molecule has 15 nitrogen and oxygen atoms in total. The number of aromatic hydroxyl groups is 1. The molecule has 2 aliphatic rings. The molecule has 1 aromatic heterocycles. The normalized spacial score (nSPS) is 17.6. The van der Waals surface area contributed by atoms with Gasteiger partial charge in [-0.05, 0) is 54.1 Å². The summed E-state index contributed by atoms with van der Waals surface area (Å²) < 4.78 is 50.5. The van der Waals surface area contributed by atoms with E-state index in [9.17, 15) is 37.5 Å². The van der Waals surface area contributed by atoms with Crippen molar-refractivity contribution in [2.24, 2.45) is 7.05 Å². The predicted molar refractivity (Wildman–Crippen MR) is 165 cm³/mol. The molecule has 17 heteroatoms. The number of aromatic nitrogens is 2. The number of phenols is 1. The Morgan fingerprint density at radius 2 is 1.87 bits per heavy atom. The molecule has 1 atom stereocenters. The number of fused-ring (bicyclic) bond motifs is 2. The van der Waals surface area contributed by atoms with Crippen molar-refractivity contribution in [1.29, 1.82) is 0 Å². The Balaban J connectivity index is 1.05. The number of amides is 4. The van der Waals surface area contributed by atoms with Crippen LogP contribution in [0.25, 0.3) is 21.8 Å². The van der Waals surface area contributed by atoms with Crippen LogP contribution in [-0.4, -0.2) is 66.0 Å². The van der Waals surface area contributed by atoms with Gasteiger partial charge in [-0.25, -0.2) is 18.2 Å². The van der Waals surface area contributed by atoms with Crippen LogP contribution in [0.5, 0.6) is 11.5 Å². The van der Waals surface area contributed by atoms with Crippen molar-refractivity contribution in [1.82, 2.24) is 24.5 Å². The van der Waals surface area contributed by atoms with E-state index < -0.39 is 51.9 Å². The lowest BCUT2D eigenvalue weighted by Crippen LogP contribution is -2.44. The van der Waals surface area contributed by atoms with Gasteiger partial charge < -0.3 is 15.2 Å². The molecule has 0 aliphatic carbocycles. The highest BCUT2D eigenvalue weighted by molar-refractivity contribution is 7.92. The highest BCUT2D eigenvalue weighted by Gasteiger charge is 2.38. The Bertz CT molecular complexity index is 2160. The molecule has 6 rings (SSSR count). The third-order valence-corrected chi connectivity index (χ3v) is 9.46. The van der Waals surface area contributed by atoms with Gasteiger partial charge in [0.25, 0.3) is 5.91 Å². The zero-order valence-corrected chi connectivity index (χ0v) is 25.7. The maximum Gasteiger partial charge on any atom is 0.329 e. The predicted octanol–water partition coefficient (Wildman–Crippen LogP) is 0.624. The number of hydrogen-bond donors (Lipinski definition) is 4. The van der Waals surface area contributed by atoms with Crippen LogP contribution in [0.1, 0.15) is 30.9 Å². The number of nitrogens with zero attached hydrogens (tertiary/aromatic N) is 3. The molecule has 0 radical (unpaired) electrons. The summed E-state index contributed by atoms with van der Waals surface area (Å²) in [5.74, 6) is -3.49. The Morgan fingerprint density at radius 1 is 1.09 bits per heavy atom. The summed E-state index contributed by atoms with van der Waals surface area (Å²) in [4.78, 5) is 61.0. The van der Waals surface area contributed by atoms with Gasteiger partial charge in [0, 0.05) is 25.3 Å². The number of nitrogens with one attached hydrogen (secondary N) is 3. The number of rotatable bonds is 9. The second kappa shape index (κ2) is 12.1. The number of hydrogen-bond acceptors (Lipinski definition) is 9. The van der Waals surface area contributed by atoms with Crippen LogP contribution >= 0.6 is 0 Å². The molecule has 1 unspecified atom stereocenters. The monoisotopic (exact) mass is 668 g/mol. The van der Waals surface area contributed by atoms with Gasteiger partial charge in [-0.3, -0.25) is 33.6 Å². The quantitative estimate of drug-likeness (QED) is 0.146. The van der Waals surface area contributed by atoms with Gasteiger partial charge >= 0.3 is 15.9 Å². The minimum absolute atomic E-state index is 0.0324. The van der Waals surface area contributed by atoms with E-state index in [0.717, 1.165) is 5.56 Å². The van der Waals surface area contributed by atoms with Crippen molar-refractivity contribution in [3.8, 4) is 11.5 Å². The van der Waals surface area contributed by atoms with E-state index >= 15 is 4.39 Å². The highest BCUT2D eigenvalue weighted by Crippen LogP contribution is 2.39. The fourth-order valence-electron chi connectivity index (χ4n) is 5.78. The number of piperidine rings is 1. The Kier molecular flexibility index (Phi) is 8.08. The van der Waals surface area contributed by atoms with Crippen molar-refractivity contribution < 1.29 is 41.8 Å². The summed E-state index contributed by atoms with van der Waals surface area (Å²) >= 11 is 0. The van der Waals surface area contributed by atoms with Crippen LogP contribution in [0.15, 0.2) is 47.3 Å². The Hall–Kier alpha value is -5.45. The zero-order chi connectivity index (χ0) is 33.6. The van der Waals surface area contributed by atoms with Gasteiger partial charge in [0.1, 0.15) is 36.4 Å². The number of carbonyl (C=O) groups is 4. The first-order chi connectivity index (χ1) is 22.3. The standard InChI is InChI=1S/C30H29FN6O9S/c1-35-22-12-16(2-6-20(22)37(30(35)43)21-7-9-25(40)33-29(21)42)3-8-24(39)32-10-11-46-18-5-4-17-13-23(38)28(27(31)19(17)14-18)36-15-26(41)34-47(36,44)45/h2,4-6,12-14,21,38H,3,7-11,15H2,1H3,(H,32,39)(H,34,41)(H,33,40,42). The summed E-state index contributed by atoms with van der Waals surface area (Å²) in [6.07, 6.45) is 0.871. The maximum atomic E-state index is 15.4. The maximum absolute atomic E-state index is 15.4. The second-order valence-corrected chi connectivity index (χ2v) is 12.8. The van der Waals surface area contributed by atoms with E-state index in [1.165, 1.54) is 33.4 Å². The number of phenolic OH excluding ortho intramolecular Hbond substituents is 1. The van der Waals surface area contributed by atoms with Crippen LogP contribution in [0.3, 0.4) is 0 Å². The number of ether oxygens (including phenoxy) is 1. The van der Waals surface area contributed by atoms with Gasteiger partial charge in [0.2, 0.25) is 17.7 Å². The zero-order valence-electron chi connectivity index (χ0n) is 24.9. The molecule has 246 valence electrons. The number of imidazole rings is 1. The molecule has 0 bridgehead atoms. The van der Waals surface area contributed by atoms with Crippen molar-refractivity contribution in [3.63, 3.8) is 0 Å². The van der Waals surface area contributed by atoms with E-state index in [-0.39, 0.29) is 66.4 Å². The number of imide groups is 1. The average molecular weight is 669 g/mol. The molecule has 4 amide bonds. The van der Waals surface area contributed by atoms with Gasteiger partial charge in [0.15, 0.2) is 5.82 Å². The van der Waals surface area contributed by atoms with Gasteiger partial charge in [-0.2, -0.15) is 8.42 Å². The van der Waals surface area contributed by atoms with Gasteiger partial charge in [-0.1, -0.05) is 12.1 Å². The first-order valence-corrected chi connectivity index (χ1v) is 16.0. The van der Waals surface area contributed by atoms with Crippen molar-refractivity contribution >= 4 is 61.3 Å². The van der Waals surface area contributed by atoms with E-state index in [2.05, 4.69) is 10.6 Å². The van der Waals surface area contributed by atoms with Gasteiger partial charge in [-0.15, -0.1) is 0 Å². The average Bonchev–Trinajstić information content (AvgIpc) is 3.43. The Labute approximate surface area is 266 Å². The van der Waals surface area contributed by atoms with E-state index in [1.54, 1.807) is 30.0 Å². The number of carbonyl (C=O) groups excluding carboxylic acids is 4. The summed E-state index contributed by atoms with van der Waals surface area (Å²) in [5, 5.41) is 15.6. The topological polar surface area (TPSA) is 198 Å². The minimum Gasteiger partial charge on any atom is -0.506 e. The third kappa shape index (κ3) is 5.96. The lowest BCUT2D eigenvalue weighted by Gasteiger charge is -2.21. The van der Waals surface area contributed by atoms with Gasteiger partial charge in [0.05, 0.1) is 17.6 Å². The summed E-state index contributed by atoms with van der Waals surface area (Å²) in [6.45, 7) is -0.520. The molecule has 2 saturated heterocycles. The van der Waals surface area contributed by atoms with E-state index in [1.807, 2.05) is 0 Å². The first kappa shape index (κ1) is 31.5. The third-order valence-electron chi connectivity index (χ3n) is 8.08. The van der Waals surface area contributed by atoms with E-state index in [0.29, 0.717) is 21.8 Å². The molecule has 2 fully saturated rings. The molecule has 4 N–H and O–H groups in total. The smallest absolute Gasteiger partial charge is 0.329 e. The van der Waals surface area contributed by atoms with Crippen molar-refractivity contribution in [2.75, 3.05) is 24.0 Å². The molecular formula is C30H29FN6O9S. The Morgan fingerprint density at radius 3 is 2.60 bits per heavy atom. The second-order valence-electron chi connectivity index (χ2n) is 11.2. The highest BCUT2D eigenvalue weighted by atomic mass is 32.2.